The van der Waals surface area contributed by atoms with Crippen molar-refractivity contribution < 1.29 is 41.7 Å². The Morgan fingerprint density at radius 2 is 1.55 bits per heavy atom. The first-order valence-electron chi connectivity index (χ1n) is 16.3. The minimum absolute atomic E-state index is 0.0459. The van der Waals surface area contributed by atoms with Crippen LogP contribution in [0.25, 0.3) is 0 Å². The number of rotatable bonds is 20. The summed E-state index contributed by atoms with van der Waals surface area (Å²) in [7, 11) is 5.05. The molecule has 0 heterocycles. The molecule has 11 nitrogen and oxygen atoms in total. The number of nitrogens with zero attached hydrogens (tertiary/aromatic N) is 3. The fraction of sp³-hybridized carbons (Fsp3) is 0.417. The van der Waals surface area contributed by atoms with Crippen LogP contribution in [0.4, 0.5) is 18.9 Å². The third-order valence-corrected chi connectivity index (χ3v) is 8.01. The Morgan fingerprint density at radius 1 is 0.882 bits per heavy atom. The fourth-order valence-corrected chi connectivity index (χ4v) is 5.09. The second-order valence-corrected chi connectivity index (χ2v) is 11.8. The Kier molecular flexibility index (Phi) is 16.6. The van der Waals surface area contributed by atoms with Crippen molar-refractivity contribution in [3.05, 3.63) is 87.4 Å². The van der Waals surface area contributed by atoms with Crippen molar-refractivity contribution >= 4 is 35.3 Å². The number of ether oxygens (including phenoxy) is 4. The average molecular weight is 736 g/mol. The van der Waals surface area contributed by atoms with Gasteiger partial charge in [0.25, 0.3) is 11.8 Å². The largest absolute Gasteiger partial charge is 0.487 e. The maximum atomic E-state index is 13.6. The van der Waals surface area contributed by atoms with E-state index in [1.807, 2.05) is 13.1 Å². The minimum Gasteiger partial charge on any atom is -0.487 e. The van der Waals surface area contributed by atoms with Gasteiger partial charge in [-0.1, -0.05) is 43.6 Å². The lowest BCUT2D eigenvalue weighted by Crippen LogP contribution is -2.32. The molecule has 0 unspecified atom stereocenters. The number of amides is 2. The molecule has 0 aliphatic heterocycles. The van der Waals surface area contributed by atoms with Crippen LogP contribution in [-0.4, -0.2) is 102 Å². The highest BCUT2D eigenvalue weighted by atomic mass is 35.5. The zero-order valence-electron chi connectivity index (χ0n) is 29.4. The molecule has 3 rings (SSSR count). The maximum Gasteiger partial charge on any atom is 0.417 e. The summed E-state index contributed by atoms with van der Waals surface area (Å²) in [4.78, 5) is 31.6. The van der Waals surface area contributed by atoms with Crippen molar-refractivity contribution in [2.24, 2.45) is 5.10 Å². The quantitative estimate of drug-likeness (QED) is 0.0802. The first-order chi connectivity index (χ1) is 24.4. The summed E-state index contributed by atoms with van der Waals surface area (Å²) in [6.45, 7) is 9.35. The fourth-order valence-electron chi connectivity index (χ4n) is 4.86. The smallest absolute Gasteiger partial charge is 0.417 e. The average Bonchev–Trinajstić information content (AvgIpc) is 3.10. The van der Waals surface area contributed by atoms with E-state index in [1.54, 1.807) is 18.2 Å². The van der Waals surface area contributed by atoms with E-state index in [-0.39, 0.29) is 54.7 Å². The molecule has 3 aromatic rings. The van der Waals surface area contributed by atoms with Crippen LogP contribution in [-0.2, 0) is 22.2 Å². The molecule has 0 bridgehead atoms. The van der Waals surface area contributed by atoms with Gasteiger partial charge in [-0.3, -0.25) is 9.59 Å². The second-order valence-electron chi connectivity index (χ2n) is 11.4. The van der Waals surface area contributed by atoms with Gasteiger partial charge in [0.05, 0.1) is 41.3 Å². The van der Waals surface area contributed by atoms with Crippen LogP contribution in [0.5, 0.6) is 11.5 Å². The van der Waals surface area contributed by atoms with Gasteiger partial charge in [0.2, 0.25) is 0 Å². The van der Waals surface area contributed by atoms with E-state index in [0.29, 0.717) is 12.1 Å². The van der Waals surface area contributed by atoms with Gasteiger partial charge in [0, 0.05) is 45.5 Å². The highest BCUT2D eigenvalue weighted by molar-refractivity contribution is 6.31. The Balaban J connectivity index is 1.91. The van der Waals surface area contributed by atoms with Crippen molar-refractivity contribution in [2.45, 2.75) is 26.6 Å². The summed E-state index contributed by atoms with van der Waals surface area (Å²) in [6, 6.07) is 13.2. The molecule has 0 saturated heterocycles. The van der Waals surface area contributed by atoms with Crippen LogP contribution >= 0.6 is 11.6 Å². The van der Waals surface area contributed by atoms with Crippen molar-refractivity contribution in [1.29, 1.82) is 0 Å². The highest BCUT2D eigenvalue weighted by Crippen LogP contribution is 2.36. The molecule has 15 heteroatoms. The predicted octanol–water partition coefficient (Wildman–Crippen LogP) is 6.20. The molecular formula is C36H45ClF3N5O6. The summed E-state index contributed by atoms with van der Waals surface area (Å²) in [5.41, 5.74) is 2.64. The number of hydrogen-bond donors (Lipinski definition) is 2. The lowest BCUT2D eigenvalue weighted by Gasteiger charge is -2.23. The molecule has 0 aliphatic carbocycles. The molecule has 51 heavy (non-hydrogen) atoms. The third kappa shape index (κ3) is 13.1. The Labute approximate surface area is 301 Å². The second kappa shape index (κ2) is 20.6. The monoisotopic (exact) mass is 735 g/mol. The lowest BCUT2D eigenvalue weighted by atomic mass is 10.1. The summed E-state index contributed by atoms with van der Waals surface area (Å²) in [6.07, 6.45) is -3.63. The van der Waals surface area contributed by atoms with E-state index in [2.05, 4.69) is 39.5 Å². The number of hydrogen-bond acceptors (Lipinski definition) is 9. The van der Waals surface area contributed by atoms with E-state index >= 15 is 0 Å². The number of carbonyl (C=O) groups is 2. The SMILES string of the molecule is CCN(CC)CCN(C)Cc1cccc(C(=O)Nc2cc(OCCOC)c(OCCOC)cc2C(=O)N/N=C\c2ccc(Cl)c(C(F)(F)F)c2)c1. The van der Waals surface area contributed by atoms with Gasteiger partial charge in [0.15, 0.2) is 11.5 Å². The Hall–Kier alpha value is -4.21. The number of benzene rings is 3. The Bertz CT molecular complexity index is 1620. The van der Waals surface area contributed by atoms with E-state index in [0.717, 1.165) is 50.1 Å². The van der Waals surface area contributed by atoms with Crippen LogP contribution in [0.1, 0.15) is 51.3 Å². The molecule has 0 saturated carbocycles. The summed E-state index contributed by atoms with van der Waals surface area (Å²) in [5, 5.41) is 6.19. The van der Waals surface area contributed by atoms with Crippen LogP contribution in [0.3, 0.4) is 0 Å². The highest BCUT2D eigenvalue weighted by Gasteiger charge is 2.33. The zero-order valence-corrected chi connectivity index (χ0v) is 30.2. The molecule has 0 spiro atoms. The van der Waals surface area contributed by atoms with Crippen molar-refractivity contribution in [3.63, 3.8) is 0 Å². The topological polar surface area (TPSA) is 114 Å². The third-order valence-electron chi connectivity index (χ3n) is 7.68. The first-order valence-corrected chi connectivity index (χ1v) is 16.7. The van der Waals surface area contributed by atoms with Gasteiger partial charge in [0.1, 0.15) is 13.2 Å². The molecule has 0 atom stereocenters. The standard InChI is InChI=1S/C36H45ClF3N5O6/c1-6-45(7-2)14-13-44(3)24-26-9-8-10-27(19-26)34(46)42-31-22-33(51-18-16-49-5)32(50-17-15-48-4)21-28(31)35(47)43-41-23-25-11-12-30(37)29(20-25)36(38,39)40/h8-12,19-23H,6-7,13-18,24H2,1-5H3,(H,42,46)(H,43,47)/b41-23-. The number of nitrogens with one attached hydrogen (secondary N) is 2. The van der Waals surface area contributed by atoms with E-state index < -0.39 is 28.6 Å². The summed E-state index contributed by atoms with van der Waals surface area (Å²) >= 11 is 5.72. The number of anilines is 1. The molecule has 3 aromatic carbocycles. The molecule has 0 radical (unpaired) electrons. The van der Waals surface area contributed by atoms with Gasteiger partial charge in [-0.25, -0.2) is 5.43 Å². The maximum absolute atomic E-state index is 13.6. The number of halogens is 4. The molecule has 2 amide bonds. The number of likely N-dealkylation sites (N-methyl/N-ethyl adjacent to an activating group) is 2. The van der Waals surface area contributed by atoms with Gasteiger partial charge >= 0.3 is 6.18 Å². The van der Waals surface area contributed by atoms with Crippen LogP contribution in [0.2, 0.25) is 5.02 Å². The van der Waals surface area contributed by atoms with Crippen LogP contribution in [0, 0.1) is 0 Å². The van der Waals surface area contributed by atoms with Gasteiger partial charge in [-0.05, 0) is 61.6 Å². The number of alkyl halides is 3. The van der Waals surface area contributed by atoms with E-state index in [1.165, 1.54) is 32.4 Å². The van der Waals surface area contributed by atoms with Gasteiger partial charge in [-0.15, -0.1) is 0 Å². The normalized spacial score (nSPS) is 11.7. The molecular weight excluding hydrogens is 691 g/mol. The molecule has 0 aliphatic rings. The molecule has 0 fully saturated rings. The van der Waals surface area contributed by atoms with Crippen molar-refractivity contribution in [1.82, 2.24) is 15.2 Å². The van der Waals surface area contributed by atoms with E-state index in [9.17, 15) is 22.8 Å². The minimum atomic E-state index is -4.68. The van der Waals surface area contributed by atoms with Crippen molar-refractivity contribution in [2.75, 3.05) is 79.2 Å². The van der Waals surface area contributed by atoms with E-state index in [4.69, 9.17) is 30.5 Å². The summed E-state index contributed by atoms with van der Waals surface area (Å²) < 4.78 is 61.9. The number of methoxy groups -OCH3 is 2. The molecule has 0 aromatic heterocycles. The first kappa shape index (κ1) is 41.2. The van der Waals surface area contributed by atoms with Gasteiger partial charge < -0.3 is 34.1 Å². The van der Waals surface area contributed by atoms with Crippen LogP contribution in [0.15, 0.2) is 59.7 Å². The summed E-state index contributed by atoms with van der Waals surface area (Å²) in [5.74, 6) is -0.868. The molecule has 2 N–H and O–H groups in total. The predicted molar refractivity (Wildman–Crippen MR) is 191 cm³/mol. The van der Waals surface area contributed by atoms with Gasteiger partial charge in [-0.2, -0.15) is 18.3 Å². The molecule has 278 valence electrons. The number of hydrazone groups is 1. The zero-order chi connectivity index (χ0) is 37.4. The van der Waals surface area contributed by atoms with Crippen molar-refractivity contribution in [3.8, 4) is 11.5 Å². The van der Waals surface area contributed by atoms with Crippen LogP contribution < -0.4 is 20.2 Å². The number of carbonyl (C=O) groups excluding carboxylic acids is 2. The lowest BCUT2D eigenvalue weighted by molar-refractivity contribution is -0.137. The Morgan fingerprint density at radius 3 is 2.18 bits per heavy atom.